The Morgan fingerprint density at radius 1 is 1.07 bits per heavy atom. The number of nitrogens with zero attached hydrogens (tertiary/aromatic N) is 2. The van der Waals surface area contributed by atoms with Gasteiger partial charge in [0.05, 0.1) is 17.2 Å². The molecule has 0 radical (unpaired) electrons. The minimum absolute atomic E-state index is 0.0146. The standard InChI is InChI=1S/C19H20N4O4S/c1-3-27-17-8-10-18(11-9-17)28(25,26)22-21-19(24)15-4-6-16(7-5-15)23-14(2)12-13-20-23/h4-13,22H,3H2,1-2H3,(H,21,24). The molecule has 2 aromatic carbocycles. The summed E-state index contributed by atoms with van der Waals surface area (Å²) in [4.78, 5) is 14.4. The van der Waals surface area contributed by atoms with Crippen molar-refractivity contribution in [3.63, 3.8) is 0 Å². The molecule has 0 spiro atoms. The molecule has 0 aliphatic rings. The smallest absolute Gasteiger partial charge is 0.266 e. The fraction of sp³-hybridized carbons (Fsp3) is 0.158. The molecule has 146 valence electrons. The molecule has 1 heterocycles. The summed E-state index contributed by atoms with van der Waals surface area (Å²) in [7, 11) is -3.90. The number of ether oxygens (including phenoxy) is 1. The molecule has 0 aliphatic heterocycles. The van der Waals surface area contributed by atoms with Crippen LogP contribution in [0.4, 0.5) is 0 Å². The first-order valence-electron chi connectivity index (χ1n) is 8.57. The molecule has 3 rings (SSSR count). The molecular weight excluding hydrogens is 380 g/mol. The van der Waals surface area contributed by atoms with Gasteiger partial charge < -0.3 is 4.74 Å². The Balaban J connectivity index is 1.65. The number of carbonyl (C=O) groups is 1. The van der Waals surface area contributed by atoms with Crippen LogP contribution in [0, 0.1) is 6.92 Å². The lowest BCUT2D eigenvalue weighted by Crippen LogP contribution is -2.41. The molecule has 3 aromatic rings. The van der Waals surface area contributed by atoms with Crippen molar-refractivity contribution in [3.05, 3.63) is 72.1 Å². The van der Waals surface area contributed by atoms with Gasteiger partial charge in [-0.05, 0) is 68.4 Å². The molecule has 2 N–H and O–H groups in total. The number of hydrazine groups is 1. The van der Waals surface area contributed by atoms with Crippen LogP contribution in [-0.4, -0.2) is 30.7 Å². The molecule has 0 saturated carbocycles. The highest BCUT2D eigenvalue weighted by atomic mass is 32.2. The Morgan fingerprint density at radius 2 is 1.75 bits per heavy atom. The molecule has 0 saturated heterocycles. The van der Waals surface area contributed by atoms with Gasteiger partial charge in [-0.2, -0.15) is 5.10 Å². The number of nitrogens with one attached hydrogen (secondary N) is 2. The summed E-state index contributed by atoms with van der Waals surface area (Å²) >= 11 is 0. The summed E-state index contributed by atoms with van der Waals surface area (Å²) in [6.45, 7) is 4.24. The molecule has 0 atom stereocenters. The number of carbonyl (C=O) groups excluding carboxylic acids is 1. The van der Waals surface area contributed by atoms with Crippen molar-refractivity contribution in [1.29, 1.82) is 0 Å². The zero-order valence-corrected chi connectivity index (χ0v) is 16.2. The highest BCUT2D eigenvalue weighted by molar-refractivity contribution is 7.89. The quantitative estimate of drug-likeness (QED) is 0.592. The van der Waals surface area contributed by atoms with E-state index in [9.17, 15) is 13.2 Å². The van der Waals surface area contributed by atoms with Gasteiger partial charge in [0.15, 0.2) is 0 Å². The maximum atomic E-state index is 12.3. The Hall–Kier alpha value is -3.17. The van der Waals surface area contributed by atoms with Gasteiger partial charge in [-0.15, -0.1) is 4.83 Å². The third-order valence-electron chi connectivity index (χ3n) is 3.95. The number of sulfonamides is 1. The second-order valence-electron chi connectivity index (χ2n) is 5.90. The third kappa shape index (κ3) is 4.38. The summed E-state index contributed by atoms with van der Waals surface area (Å²) in [5.41, 5.74) is 4.28. The van der Waals surface area contributed by atoms with Gasteiger partial charge in [-0.3, -0.25) is 10.2 Å². The maximum Gasteiger partial charge on any atom is 0.266 e. The van der Waals surface area contributed by atoms with E-state index in [1.165, 1.54) is 12.1 Å². The van der Waals surface area contributed by atoms with Gasteiger partial charge in [-0.1, -0.05) is 0 Å². The molecule has 0 aliphatic carbocycles. The van der Waals surface area contributed by atoms with Crippen LogP contribution < -0.4 is 15.0 Å². The van der Waals surface area contributed by atoms with E-state index >= 15 is 0 Å². The van der Waals surface area contributed by atoms with Gasteiger partial charge in [0.25, 0.3) is 15.9 Å². The van der Waals surface area contributed by atoms with E-state index in [4.69, 9.17) is 4.74 Å². The molecule has 9 heteroatoms. The van der Waals surface area contributed by atoms with Gasteiger partial charge in [0.1, 0.15) is 5.75 Å². The third-order valence-corrected chi connectivity index (χ3v) is 5.21. The first-order chi connectivity index (χ1) is 13.4. The molecule has 0 bridgehead atoms. The number of aromatic nitrogens is 2. The first-order valence-corrected chi connectivity index (χ1v) is 10.0. The summed E-state index contributed by atoms with van der Waals surface area (Å²) in [5.74, 6) is -0.00348. The lowest BCUT2D eigenvalue weighted by molar-refractivity contribution is 0.0945. The van der Waals surface area contributed by atoms with Crippen molar-refractivity contribution in [2.75, 3.05) is 6.61 Å². The van der Waals surface area contributed by atoms with E-state index in [2.05, 4.69) is 15.4 Å². The topological polar surface area (TPSA) is 102 Å². The Labute approximate surface area is 163 Å². The lowest BCUT2D eigenvalue weighted by Gasteiger charge is -2.10. The van der Waals surface area contributed by atoms with Gasteiger partial charge >= 0.3 is 0 Å². The van der Waals surface area contributed by atoms with E-state index < -0.39 is 15.9 Å². The lowest BCUT2D eigenvalue weighted by atomic mass is 10.2. The largest absolute Gasteiger partial charge is 0.494 e. The van der Waals surface area contributed by atoms with Crippen molar-refractivity contribution < 1.29 is 17.9 Å². The second-order valence-corrected chi connectivity index (χ2v) is 7.58. The monoisotopic (exact) mass is 400 g/mol. The number of benzene rings is 2. The minimum atomic E-state index is -3.90. The molecule has 8 nitrogen and oxygen atoms in total. The molecule has 0 fully saturated rings. The Morgan fingerprint density at radius 3 is 2.32 bits per heavy atom. The van der Waals surface area contributed by atoms with Gasteiger partial charge in [-0.25, -0.2) is 13.1 Å². The molecule has 1 aromatic heterocycles. The molecular formula is C19H20N4O4S. The van der Waals surface area contributed by atoms with Gasteiger partial charge in [0.2, 0.25) is 0 Å². The van der Waals surface area contributed by atoms with Crippen LogP contribution >= 0.6 is 0 Å². The van der Waals surface area contributed by atoms with E-state index in [0.29, 0.717) is 17.9 Å². The predicted molar refractivity (Wildman–Crippen MR) is 104 cm³/mol. The zero-order valence-electron chi connectivity index (χ0n) is 15.4. The summed E-state index contributed by atoms with van der Waals surface area (Å²) in [6, 6.07) is 14.4. The molecule has 1 amide bonds. The van der Waals surface area contributed by atoms with E-state index in [-0.39, 0.29) is 4.90 Å². The van der Waals surface area contributed by atoms with Crippen LogP contribution in [0.25, 0.3) is 5.69 Å². The fourth-order valence-corrected chi connectivity index (χ4v) is 3.36. The van der Waals surface area contributed by atoms with Crippen molar-refractivity contribution >= 4 is 15.9 Å². The van der Waals surface area contributed by atoms with E-state index in [1.807, 2.05) is 19.9 Å². The molecule has 28 heavy (non-hydrogen) atoms. The van der Waals surface area contributed by atoms with Crippen LogP contribution in [0.2, 0.25) is 0 Å². The van der Waals surface area contributed by atoms with Crippen LogP contribution in [0.3, 0.4) is 0 Å². The Kier molecular flexibility index (Phi) is 5.76. The van der Waals surface area contributed by atoms with Crippen molar-refractivity contribution in [2.24, 2.45) is 0 Å². The van der Waals surface area contributed by atoms with Crippen LogP contribution in [0.1, 0.15) is 23.0 Å². The predicted octanol–water partition coefficient (Wildman–Crippen LogP) is 2.20. The fourth-order valence-electron chi connectivity index (χ4n) is 2.52. The van der Waals surface area contributed by atoms with E-state index in [1.54, 1.807) is 47.3 Å². The molecule has 0 unspecified atom stereocenters. The number of aryl methyl sites for hydroxylation is 1. The summed E-state index contributed by atoms with van der Waals surface area (Å²) < 4.78 is 31.6. The second kappa shape index (κ2) is 8.24. The number of rotatable bonds is 7. The zero-order chi connectivity index (χ0) is 20.1. The first kappa shape index (κ1) is 19.6. The van der Waals surface area contributed by atoms with Gasteiger partial charge in [0, 0.05) is 17.5 Å². The summed E-state index contributed by atoms with van der Waals surface area (Å²) in [6.07, 6.45) is 1.69. The number of hydrogen-bond donors (Lipinski definition) is 2. The normalized spacial score (nSPS) is 11.2. The van der Waals surface area contributed by atoms with Crippen LogP contribution in [0.15, 0.2) is 65.7 Å². The van der Waals surface area contributed by atoms with Crippen molar-refractivity contribution in [3.8, 4) is 11.4 Å². The highest BCUT2D eigenvalue weighted by Gasteiger charge is 2.16. The average molecular weight is 400 g/mol. The Bertz CT molecular complexity index is 1060. The average Bonchev–Trinajstić information content (AvgIpc) is 3.13. The minimum Gasteiger partial charge on any atom is -0.494 e. The number of amides is 1. The highest BCUT2D eigenvalue weighted by Crippen LogP contribution is 2.16. The summed E-state index contributed by atoms with van der Waals surface area (Å²) in [5, 5.41) is 4.20. The maximum absolute atomic E-state index is 12.3. The van der Waals surface area contributed by atoms with Crippen LogP contribution in [0.5, 0.6) is 5.75 Å². The van der Waals surface area contributed by atoms with Crippen LogP contribution in [-0.2, 0) is 10.0 Å². The number of hydrogen-bond acceptors (Lipinski definition) is 5. The van der Waals surface area contributed by atoms with E-state index in [0.717, 1.165) is 11.4 Å². The van der Waals surface area contributed by atoms with Crippen molar-refractivity contribution in [1.82, 2.24) is 20.0 Å². The SMILES string of the molecule is CCOc1ccc(S(=O)(=O)NNC(=O)c2ccc(-n3nccc3C)cc2)cc1. The van der Waals surface area contributed by atoms with Crippen molar-refractivity contribution in [2.45, 2.75) is 18.7 Å².